The van der Waals surface area contributed by atoms with E-state index in [1.54, 1.807) is 0 Å². The van der Waals surface area contributed by atoms with Gasteiger partial charge in [-0.2, -0.15) is 0 Å². The van der Waals surface area contributed by atoms with Crippen LogP contribution < -0.4 is 4.90 Å². The fourth-order valence-electron chi connectivity index (χ4n) is 4.15. The Bertz CT molecular complexity index is 725. The number of piperidine rings is 1. The van der Waals surface area contributed by atoms with Gasteiger partial charge in [0, 0.05) is 37.8 Å². The van der Waals surface area contributed by atoms with Crippen molar-refractivity contribution in [3.05, 3.63) is 66.2 Å². The van der Waals surface area contributed by atoms with Crippen LogP contribution >= 0.6 is 12.4 Å². The molecule has 4 heteroatoms. The van der Waals surface area contributed by atoms with Gasteiger partial charge in [-0.15, -0.1) is 12.4 Å². The Balaban J connectivity index is 0.00000225. The summed E-state index contributed by atoms with van der Waals surface area (Å²) in [5.41, 5.74) is 2.48. The van der Waals surface area contributed by atoms with Gasteiger partial charge >= 0.3 is 0 Å². The molecule has 2 aromatic rings. The molecule has 1 heterocycles. The maximum absolute atomic E-state index is 13.0. The predicted molar refractivity (Wildman–Crippen MR) is 118 cm³/mol. The minimum Gasteiger partial charge on any atom is -0.309 e. The molecule has 1 aliphatic heterocycles. The Morgan fingerprint density at radius 3 is 2.11 bits per heavy atom. The van der Waals surface area contributed by atoms with Crippen LogP contribution in [0.5, 0.6) is 0 Å². The summed E-state index contributed by atoms with van der Waals surface area (Å²) in [6.45, 7) is 3.27. The van der Waals surface area contributed by atoms with Crippen LogP contribution in [0, 0.1) is 5.92 Å². The van der Waals surface area contributed by atoms with Gasteiger partial charge in [0.25, 0.3) is 0 Å². The van der Waals surface area contributed by atoms with Gasteiger partial charge < -0.3 is 9.80 Å². The highest BCUT2D eigenvalue weighted by molar-refractivity contribution is 5.94. The van der Waals surface area contributed by atoms with E-state index in [-0.39, 0.29) is 12.4 Å². The van der Waals surface area contributed by atoms with Gasteiger partial charge in [-0.1, -0.05) is 48.5 Å². The summed E-state index contributed by atoms with van der Waals surface area (Å²) in [4.78, 5) is 17.7. The number of rotatable bonds is 7. The number of amides is 1. The fourth-order valence-corrected chi connectivity index (χ4v) is 4.15. The number of hydrogen-bond donors (Lipinski definition) is 0. The summed E-state index contributed by atoms with van der Waals surface area (Å²) < 4.78 is 0. The molecule has 0 spiro atoms. The quantitative estimate of drug-likeness (QED) is 0.658. The van der Waals surface area contributed by atoms with Crippen LogP contribution in [0.2, 0.25) is 0 Å². The summed E-state index contributed by atoms with van der Waals surface area (Å²) in [7, 11) is 0. The number of likely N-dealkylation sites (tertiary alicyclic amines) is 1. The second kappa shape index (κ2) is 10.1. The third-order valence-corrected chi connectivity index (χ3v) is 5.95. The minimum atomic E-state index is 0. The molecule has 0 aromatic heterocycles. The standard InChI is InChI=1S/C24H30N2O.ClH/c27-24(19-21-11-12-21)26(22-9-5-2-6-10-22)23-14-17-25(18-15-23)16-13-20-7-3-1-4-8-20;/h1-10,21,23H,11-19H2;1H. The van der Waals surface area contributed by atoms with Crippen LogP contribution in [0.4, 0.5) is 5.69 Å². The van der Waals surface area contributed by atoms with E-state index < -0.39 is 0 Å². The third kappa shape index (κ3) is 5.59. The first-order chi connectivity index (χ1) is 13.3. The van der Waals surface area contributed by atoms with Crippen molar-refractivity contribution in [3.8, 4) is 0 Å². The molecule has 3 nitrogen and oxygen atoms in total. The van der Waals surface area contributed by atoms with Gasteiger partial charge in [0.15, 0.2) is 0 Å². The second-order valence-electron chi connectivity index (χ2n) is 8.06. The smallest absolute Gasteiger partial charge is 0.227 e. The Labute approximate surface area is 175 Å². The highest BCUT2D eigenvalue weighted by Crippen LogP contribution is 2.34. The zero-order valence-electron chi connectivity index (χ0n) is 16.5. The van der Waals surface area contributed by atoms with Crippen molar-refractivity contribution in [1.29, 1.82) is 0 Å². The molecular formula is C24H31ClN2O. The number of para-hydroxylation sites is 1. The Kier molecular flexibility index (Phi) is 7.52. The molecule has 0 radical (unpaired) electrons. The number of carbonyl (C=O) groups excluding carboxylic acids is 1. The number of nitrogens with zero attached hydrogens (tertiary/aromatic N) is 2. The van der Waals surface area contributed by atoms with Crippen molar-refractivity contribution < 1.29 is 4.79 Å². The van der Waals surface area contributed by atoms with Gasteiger partial charge in [-0.3, -0.25) is 4.79 Å². The molecule has 2 aliphatic rings. The summed E-state index contributed by atoms with van der Waals surface area (Å²) in [6, 6.07) is 21.4. The van der Waals surface area contributed by atoms with Crippen molar-refractivity contribution in [3.63, 3.8) is 0 Å². The molecule has 0 unspecified atom stereocenters. The van der Waals surface area contributed by atoms with Gasteiger partial charge in [-0.05, 0) is 55.7 Å². The average molecular weight is 399 g/mol. The third-order valence-electron chi connectivity index (χ3n) is 5.95. The van der Waals surface area contributed by atoms with Crippen LogP contribution in [0.25, 0.3) is 0 Å². The highest BCUT2D eigenvalue weighted by Gasteiger charge is 2.32. The van der Waals surface area contributed by atoms with Crippen LogP contribution in [0.15, 0.2) is 60.7 Å². The first kappa shape index (κ1) is 20.9. The molecule has 0 atom stereocenters. The van der Waals surface area contributed by atoms with Gasteiger partial charge in [0.2, 0.25) is 5.91 Å². The molecule has 0 N–H and O–H groups in total. The topological polar surface area (TPSA) is 23.6 Å². The zero-order valence-corrected chi connectivity index (χ0v) is 17.3. The molecule has 1 amide bonds. The Morgan fingerprint density at radius 2 is 1.50 bits per heavy atom. The minimum absolute atomic E-state index is 0. The number of hydrogen-bond acceptors (Lipinski definition) is 2. The van der Waals surface area contributed by atoms with E-state index in [9.17, 15) is 4.79 Å². The summed E-state index contributed by atoms with van der Waals surface area (Å²) in [5, 5.41) is 0. The first-order valence-electron chi connectivity index (χ1n) is 10.4. The van der Waals surface area contributed by atoms with Gasteiger partial charge in [0.1, 0.15) is 0 Å². The first-order valence-corrected chi connectivity index (χ1v) is 10.4. The number of anilines is 1. The molecular weight excluding hydrogens is 368 g/mol. The number of benzene rings is 2. The maximum Gasteiger partial charge on any atom is 0.227 e. The van der Waals surface area contributed by atoms with Crippen LogP contribution in [-0.4, -0.2) is 36.5 Å². The SMILES string of the molecule is Cl.O=C(CC1CC1)N(c1ccccc1)C1CCN(CCc2ccccc2)CC1. The van der Waals surface area contributed by atoms with Crippen LogP contribution in [0.3, 0.4) is 0 Å². The van der Waals surface area contributed by atoms with Crippen molar-refractivity contribution in [2.45, 2.75) is 44.6 Å². The van der Waals surface area contributed by atoms with E-state index >= 15 is 0 Å². The molecule has 2 fully saturated rings. The molecule has 1 saturated heterocycles. The lowest BCUT2D eigenvalue weighted by atomic mass is 10.0. The molecule has 4 rings (SSSR count). The summed E-state index contributed by atoms with van der Waals surface area (Å²) in [6.07, 6.45) is 6.43. The zero-order chi connectivity index (χ0) is 18.5. The van der Waals surface area contributed by atoms with Crippen LogP contribution in [-0.2, 0) is 11.2 Å². The van der Waals surface area contributed by atoms with E-state index in [1.807, 2.05) is 18.2 Å². The van der Waals surface area contributed by atoms with Crippen molar-refractivity contribution in [2.75, 3.05) is 24.5 Å². The second-order valence-corrected chi connectivity index (χ2v) is 8.06. The Hall–Kier alpha value is -1.84. The summed E-state index contributed by atoms with van der Waals surface area (Å²) >= 11 is 0. The largest absolute Gasteiger partial charge is 0.309 e. The van der Waals surface area contributed by atoms with Crippen molar-refractivity contribution in [2.24, 2.45) is 5.92 Å². The lowest BCUT2D eigenvalue weighted by Crippen LogP contribution is -2.48. The number of halogens is 1. The van der Waals surface area contributed by atoms with Crippen LogP contribution in [0.1, 0.15) is 37.7 Å². The average Bonchev–Trinajstić information content (AvgIpc) is 3.53. The van der Waals surface area contributed by atoms with Crippen molar-refractivity contribution >= 4 is 24.0 Å². The Morgan fingerprint density at radius 1 is 0.893 bits per heavy atom. The van der Waals surface area contributed by atoms with E-state index in [1.165, 1.54) is 18.4 Å². The predicted octanol–water partition coefficient (Wildman–Crippen LogP) is 4.95. The molecule has 1 saturated carbocycles. The molecule has 28 heavy (non-hydrogen) atoms. The van der Waals surface area contributed by atoms with Gasteiger partial charge in [-0.25, -0.2) is 0 Å². The number of carbonyl (C=O) groups is 1. The van der Waals surface area contributed by atoms with E-state index in [2.05, 4.69) is 52.3 Å². The van der Waals surface area contributed by atoms with E-state index in [0.29, 0.717) is 17.9 Å². The molecule has 1 aliphatic carbocycles. The van der Waals surface area contributed by atoms with Crippen molar-refractivity contribution in [1.82, 2.24) is 4.90 Å². The lowest BCUT2D eigenvalue weighted by molar-refractivity contribution is -0.119. The van der Waals surface area contributed by atoms with E-state index in [0.717, 1.165) is 51.0 Å². The molecule has 2 aromatic carbocycles. The molecule has 0 bridgehead atoms. The molecule has 150 valence electrons. The van der Waals surface area contributed by atoms with Gasteiger partial charge in [0.05, 0.1) is 0 Å². The summed E-state index contributed by atoms with van der Waals surface area (Å²) in [5.74, 6) is 0.959. The van der Waals surface area contributed by atoms with E-state index in [4.69, 9.17) is 0 Å². The fraction of sp³-hybridized carbons (Fsp3) is 0.458. The lowest BCUT2D eigenvalue weighted by Gasteiger charge is -2.38. The normalized spacial score (nSPS) is 17.7. The maximum atomic E-state index is 13.0. The highest BCUT2D eigenvalue weighted by atomic mass is 35.5. The monoisotopic (exact) mass is 398 g/mol.